The van der Waals surface area contributed by atoms with E-state index in [0.29, 0.717) is 24.7 Å². The Morgan fingerprint density at radius 1 is 1.21 bits per heavy atom. The van der Waals surface area contributed by atoms with E-state index in [-0.39, 0.29) is 11.1 Å². The minimum atomic E-state index is -0.549. The van der Waals surface area contributed by atoms with Gasteiger partial charge in [-0.1, -0.05) is 19.8 Å². The molecule has 0 atom stereocenters. The Morgan fingerprint density at radius 3 is 2.75 bits per heavy atom. The van der Waals surface area contributed by atoms with E-state index in [1.807, 2.05) is 19.1 Å². The van der Waals surface area contributed by atoms with Gasteiger partial charge in [0.1, 0.15) is 5.56 Å². The number of rotatable bonds is 10. The molecule has 0 unspecified atom stereocenters. The minimum Gasteiger partial charge on any atom is -0.493 e. The smallest absolute Gasteiger partial charge is 0.276 e. The van der Waals surface area contributed by atoms with Gasteiger partial charge in [0.25, 0.3) is 11.5 Å². The summed E-state index contributed by atoms with van der Waals surface area (Å²) in [5.74, 6) is 0.719. The van der Waals surface area contributed by atoms with E-state index in [0.717, 1.165) is 24.8 Å². The van der Waals surface area contributed by atoms with Crippen LogP contribution in [0.3, 0.4) is 0 Å². The first-order valence-electron chi connectivity index (χ1n) is 9.44. The number of carbonyl (C=O) groups excluding carboxylic acids is 1. The van der Waals surface area contributed by atoms with Crippen molar-refractivity contribution >= 4 is 12.1 Å². The number of benzene rings is 1. The largest absolute Gasteiger partial charge is 0.493 e. The monoisotopic (exact) mass is 385 g/mol. The lowest BCUT2D eigenvalue weighted by molar-refractivity contribution is 0.0953. The average molecular weight is 385 g/mol. The average Bonchev–Trinajstić information content (AvgIpc) is 2.71. The van der Waals surface area contributed by atoms with Crippen LogP contribution < -0.4 is 20.5 Å². The van der Waals surface area contributed by atoms with Crippen molar-refractivity contribution < 1.29 is 14.3 Å². The van der Waals surface area contributed by atoms with Crippen LogP contribution in [0.1, 0.15) is 49.0 Å². The SMILES string of the molecule is CCCCCOc1ccc(/C=N\NC(=O)c2cccn(CC)c2=O)cc1OC. The minimum absolute atomic E-state index is 0.0508. The van der Waals surface area contributed by atoms with Crippen LogP contribution in [0, 0.1) is 0 Å². The summed E-state index contributed by atoms with van der Waals surface area (Å²) in [7, 11) is 1.57. The molecule has 7 heteroatoms. The Labute approximate surface area is 165 Å². The molecule has 0 aliphatic rings. The molecular formula is C21H27N3O4. The predicted octanol–water partition coefficient (Wildman–Crippen LogP) is 3.21. The van der Waals surface area contributed by atoms with Crippen molar-refractivity contribution in [1.82, 2.24) is 9.99 Å². The van der Waals surface area contributed by atoms with E-state index in [4.69, 9.17) is 9.47 Å². The summed E-state index contributed by atoms with van der Waals surface area (Å²) in [6.07, 6.45) is 6.38. The molecule has 7 nitrogen and oxygen atoms in total. The maximum atomic E-state index is 12.2. The highest BCUT2D eigenvalue weighted by atomic mass is 16.5. The predicted molar refractivity (Wildman–Crippen MR) is 109 cm³/mol. The Hall–Kier alpha value is -3.09. The number of hydrazone groups is 1. The van der Waals surface area contributed by atoms with Gasteiger partial charge in [0.15, 0.2) is 11.5 Å². The Kier molecular flexibility index (Phi) is 8.27. The first-order chi connectivity index (χ1) is 13.6. The van der Waals surface area contributed by atoms with Crippen LogP contribution in [-0.4, -0.2) is 30.4 Å². The van der Waals surface area contributed by atoms with E-state index < -0.39 is 5.91 Å². The molecule has 1 aromatic heterocycles. The highest BCUT2D eigenvalue weighted by molar-refractivity contribution is 5.94. The third-order valence-corrected chi connectivity index (χ3v) is 4.18. The number of aromatic nitrogens is 1. The number of pyridine rings is 1. The number of methoxy groups -OCH3 is 1. The van der Waals surface area contributed by atoms with E-state index in [2.05, 4.69) is 17.5 Å². The quantitative estimate of drug-likeness (QED) is 0.387. The lowest BCUT2D eigenvalue weighted by Gasteiger charge is -2.11. The van der Waals surface area contributed by atoms with Gasteiger partial charge in [-0.05, 0) is 49.2 Å². The summed E-state index contributed by atoms with van der Waals surface area (Å²) < 4.78 is 12.6. The van der Waals surface area contributed by atoms with Gasteiger partial charge in [-0.3, -0.25) is 9.59 Å². The van der Waals surface area contributed by atoms with Gasteiger partial charge in [-0.2, -0.15) is 5.10 Å². The fourth-order valence-electron chi connectivity index (χ4n) is 2.60. The summed E-state index contributed by atoms with van der Waals surface area (Å²) in [6.45, 7) is 5.12. The standard InChI is InChI=1S/C21H27N3O4/c1-4-6-7-13-28-18-11-10-16(14-19(18)27-3)15-22-23-20(25)17-9-8-12-24(5-2)21(17)26/h8-12,14-15H,4-7,13H2,1-3H3,(H,23,25)/b22-15-. The zero-order valence-corrected chi connectivity index (χ0v) is 16.6. The lowest BCUT2D eigenvalue weighted by atomic mass is 10.2. The molecule has 0 bridgehead atoms. The van der Waals surface area contributed by atoms with Crippen molar-refractivity contribution in [3.8, 4) is 11.5 Å². The van der Waals surface area contributed by atoms with Crippen molar-refractivity contribution in [3.05, 3.63) is 58.0 Å². The summed E-state index contributed by atoms with van der Waals surface area (Å²) in [4.78, 5) is 24.3. The van der Waals surface area contributed by atoms with Crippen molar-refractivity contribution in [2.45, 2.75) is 39.7 Å². The van der Waals surface area contributed by atoms with Gasteiger partial charge in [0.2, 0.25) is 0 Å². The molecule has 1 aromatic carbocycles. The van der Waals surface area contributed by atoms with E-state index in [1.165, 1.54) is 16.8 Å². The molecule has 2 rings (SSSR count). The topological polar surface area (TPSA) is 81.9 Å². The number of hydrogen-bond acceptors (Lipinski definition) is 5. The van der Waals surface area contributed by atoms with Gasteiger partial charge < -0.3 is 14.0 Å². The zero-order chi connectivity index (χ0) is 20.4. The molecule has 1 N–H and O–H groups in total. The van der Waals surface area contributed by atoms with Crippen molar-refractivity contribution in [1.29, 1.82) is 0 Å². The highest BCUT2D eigenvalue weighted by Gasteiger charge is 2.10. The second kappa shape index (κ2) is 10.9. The maximum Gasteiger partial charge on any atom is 0.276 e. The summed E-state index contributed by atoms with van der Waals surface area (Å²) in [6, 6.07) is 8.54. The molecule has 0 saturated heterocycles. The van der Waals surface area contributed by atoms with Crippen LogP contribution in [-0.2, 0) is 6.54 Å². The van der Waals surface area contributed by atoms with Gasteiger partial charge in [-0.25, -0.2) is 5.43 Å². The zero-order valence-electron chi connectivity index (χ0n) is 16.6. The summed E-state index contributed by atoms with van der Waals surface area (Å²) >= 11 is 0. The number of nitrogens with zero attached hydrogens (tertiary/aromatic N) is 2. The van der Waals surface area contributed by atoms with Crippen LogP contribution in [0.15, 0.2) is 46.4 Å². The molecule has 150 valence electrons. The molecule has 1 amide bonds. The third-order valence-electron chi connectivity index (χ3n) is 4.18. The van der Waals surface area contributed by atoms with Crippen molar-refractivity contribution in [2.24, 2.45) is 5.10 Å². The van der Waals surface area contributed by atoms with E-state index >= 15 is 0 Å². The van der Waals surface area contributed by atoms with Crippen molar-refractivity contribution in [2.75, 3.05) is 13.7 Å². The van der Waals surface area contributed by atoms with Crippen molar-refractivity contribution in [3.63, 3.8) is 0 Å². The van der Waals surface area contributed by atoms with Crippen LogP contribution in [0.5, 0.6) is 11.5 Å². The summed E-state index contributed by atoms with van der Waals surface area (Å²) in [5.41, 5.74) is 2.83. The molecule has 0 fully saturated rings. The first kappa shape index (κ1) is 21.2. The Balaban J connectivity index is 2.02. The molecule has 1 heterocycles. The van der Waals surface area contributed by atoms with Gasteiger partial charge in [0, 0.05) is 12.7 Å². The van der Waals surface area contributed by atoms with Crippen LogP contribution in [0.25, 0.3) is 0 Å². The summed E-state index contributed by atoms with van der Waals surface area (Å²) in [5, 5.41) is 3.94. The lowest BCUT2D eigenvalue weighted by Crippen LogP contribution is -2.30. The Bertz CT molecular complexity index is 874. The number of amides is 1. The number of aryl methyl sites for hydroxylation is 1. The first-order valence-corrected chi connectivity index (χ1v) is 9.44. The number of nitrogens with one attached hydrogen (secondary N) is 1. The second-order valence-electron chi connectivity index (χ2n) is 6.18. The maximum absolute atomic E-state index is 12.2. The molecule has 0 aliphatic carbocycles. The van der Waals surface area contributed by atoms with Gasteiger partial charge >= 0.3 is 0 Å². The van der Waals surface area contributed by atoms with Gasteiger partial charge in [0.05, 0.1) is 19.9 Å². The fourth-order valence-corrected chi connectivity index (χ4v) is 2.60. The molecular weight excluding hydrogens is 358 g/mol. The third kappa shape index (κ3) is 5.70. The fraction of sp³-hybridized carbons (Fsp3) is 0.381. The van der Waals surface area contributed by atoms with Crippen LogP contribution in [0.4, 0.5) is 0 Å². The molecule has 28 heavy (non-hydrogen) atoms. The highest BCUT2D eigenvalue weighted by Crippen LogP contribution is 2.27. The molecule has 0 spiro atoms. The number of hydrogen-bond donors (Lipinski definition) is 1. The number of unbranched alkanes of at least 4 members (excludes halogenated alkanes) is 2. The number of carbonyl (C=O) groups is 1. The second-order valence-corrected chi connectivity index (χ2v) is 6.18. The molecule has 0 aliphatic heterocycles. The molecule has 2 aromatic rings. The molecule has 0 saturated carbocycles. The van der Waals surface area contributed by atoms with E-state index in [1.54, 1.807) is 25.4 Å². The Morgan fingerprint density at radius 2 is 2.04 bits per heavy atom. The van der Waals surface area contributed by atoms with Gasteiger partial charge in [-0.15, -0.1) is 0 Å². The molecule has 0 radical (unpaired) electrons. The van der Waals surface area contributed by atoms with Crippen LogP contribution in [0.2, 0.25) is 0 Å². The number of ether oxygens (including phenoxy) is 2. The van der Waals surface area contributed by atoms with Crippen LogP contribution >= 0.6 is 0 Å². The van der Waals surface area contributed by atoms with E-state index in [9.17, 15) is 9.59 Å². The normalized spacial score (nSPS) is 10.8.